The van der Waals surface area contributed by atoms with E-state index in [0.717, 1.165) is 48.4 Å². The van der Waals surface area contributed by atoms with E-state index in [1.807, 2.05) is 49.4 Å². The van der Waals surface area contributed by atoms with Gasteiger partial charge in [-0.15, -0.1) is 0 Å². The van der Waals surface area contributed by atoms with Crippen molar-refractivity contribution in [2.45, 2.75) is 13.8 Å². The van der Waals surface area contributed by atoms with Gasteiger partial charge in [0, 0.05) is 17.0 Å². The van der Waals surface area contributed by atoms with Crippen molar-refractivity contribution in [3.8, 4) is 22.8 Å². The highest BCUT2D eigenvalue weighted by Crippen LogP contribution is 2.33. The Morgan fingerprint density at radius 1 is 0.939 bits per heavy atom. The number of hydrogen-bond acceptors (Lipinski definition) is 7. The van der Waals surface area contributed by atoms with Crippen LogP contribution in [0.4, 0.5) is 5.13 Å². The molecule has 0 unspecified atom stereocenters. The van der Waals surface area contributed by atoms with Gasteiger partial charge in [-0.3, -0.25) is 5.43 Å². The summed E-state index contributed by atoms with van der Waals surface area (Å²) < 4.78 is 18.3. The molecule has 0 saturated carbocycles. The van der Waals surface area contributed by atoms with E-state index in [4.69, 9.17) is 19.0 Å². The molecule has 0 fully saturated rings. The lowest BCUT2D eigenvalue weighted by molar-refractivity contribution is 0.355. The first-order valence-corrected chi connectivity index (χ1v) is 11.3. The van der Waals surface area contributed by atoms with Gasteiger partial charge in [-0.05, 0) is 61.4 Å². The Hall–Kier alpha value is -3.84. The Kier molecular flexibility index (Phi) is 5.48. The maximum Gasteiger partial charge on any atom is 0.204 e. The number of fused-ring (bicyclic) bond motifs is 2. The highest BCUT2D eigenvalue weighted by molar-refractivity contribution is 7.22. The van der Waals surface area contributed by atoms with Gasteiger partial charge in [0.15, 0.2) is 11.5 Å². The summed E-state index contributed by atoms with van der Waals surface area (Å²) in [5, 5.41) is 7.17. The molecule has 5 aromatic rings. The lowest BCUT2D eigenvalue weighted by Gasteiger charge is -2.11. The van der Waals surface area contributed by atoms with Gasteiger partial charge < -0.3 is 13.9 Å². The van der Waals surface area contributed by atoms with E-state index in [1.54, 1.807) is 25.6 Å². The van der Waals surface area contributed by atoms with Crippen LogP contribution in [0.25, 0.3) is 32.5 Å². The molecule has 0 bridgehead atoms. The number of aryl methyl sites for hydroxylation is 2. The fraction of sp³-hybridized carbons (Fsp3) is 0.154. The van der Waals surface area contributed by atoms with Crippen LogP contribution in [0.1, 0.15) is 11.1 Å². The van der Waals surface area contributed by atoms with Gasteiger partial charge in [0.05, 0.1) is 29.8 Å². The highest BCUT2D eigenvalue weighted by Gasteiger charge is 2.12. The van der Waals surface area contributed by atoms with E-state index in [9.17, 15) is 0 Å². The van der Waals surface area contributed by atoms with E-state index >= 15 is 0 Å². The monoisotopic (exact) mass is 457 g/mol. The summed E-state index contributed by atoms with van der Waals surface area (Å²) in [6, 6.07) is 19.9. The van der Waals surface area contributed by atoms with Crippen molar-refractivity contribution < 1.29 is 13.9 Å². The Morgan fingerprint density at radius 2 is 1.76 bits per heavy atom. The van der Waals surface area contributed by atoms with E-state index in [1.165, 1.54) is 0 Å². The van der Waals surface area contributed by atoms with E-state index in [2.05, 4.69) is 35.5 Å². The van der Waals surface area contributed by atoms with Crippen molar-refractivity contribution in [3.63, 3.8) is 0 Å². The minimum atomic E-state index is 0.636. The number of anilines is 1. The van der Waals surface area contributed by atoms with Gasteiger partial charge in [0.2, 0.25) is 5.13 Å². The molecule has 0 spiro atoms. The van der Waals surface area contributed by atoms with E-state index < -0.39 is 0 Å². The van der Waals surface area contributed by atoms with Crippen LogP contribution in [-0.4, -0.2) is 19.2 Å². The van der Waals surface area contributed by atoms with Crippen molar-refractivity contribution in [1.29, 1.82) is 0 Å². The van der Waals surface area contributed by atoms with Crippen molar-refractivity contribution in [3.05, 3.63) is 77.1 Å². The first kappa shape index (κ1) is 21.0. The normalized spacial score (nSPS) is 11.8. The summed E-state index contributed by atoms with van der Waals surface area (Å²) in [5.41, 5.74) is 7.94. The lowest BCUT2D eigenvalue weighted by Crippen LogP contribution is -2.08. The zero-order valence-electron chi connectivity index (χ0n) is 18.8. The Bertz CT molecular complexity index is 1520. The third kappa shape index (κ3) is 4.03. The topological polar surface area (TPSA) is 68.9 Å². The minimum Gasteiger partial charge on any atom is -0.493 e. The van der Waals surface area contributed by atoms with Crippen LogP contribution in [0.3, 0.4) is 0 Å². The maximum absolute atomic E-state index is 6.35. The SMILES string of the molecule is COc1ccc(-c2c/c(=N\Nc3nc4ccccc4s3)c3cc(C)cc(C)c3o2)cc1OC. The van der Waals surface area contributed by atoms with Crippen LogP contribution in [0.2, 0.25) is 0 Å². The second kappa shape index (κ2) is 8.60. The van der Waals surface area contributed by atoms with Gasteiger partial charge in [-0.2, -0.15) is 5.10 Å². The number of benzene rings is 3. The Morgan fingerprint density at radius 3 is 2.55 bits per heavy atom. The van der Waals surface area contributed by atoms with Crippen LogP contribution < -0.4 is 20.3 Å². The van der Waals surface area contributed by atoms with Gasteiger partial charge in [0.25, 0.3) is 0 Å². The zero-order valence-corrected chi connectivity index (χ0v) is 19.6. The molecule has 166 valence electrons. The van der Waals surface area contributed by atoms with Gasteiger partial charge >= 0.3 is 0 Å². The summed E-state index contributed by atoms with van der Waals surface area (Å²) in [7, 11) is 3.24. The summed E-state index contributed by atoms with van der Waals surface area (Å²) in [5.74, 6) is 1.98. The molecule has 0 saturated heterocycles. The molecule has 33 heavy (non-hydrogen) atoms. The third-order valence-electron chi connectivity index (χ3n) is 5.41. The summed E-state index contributed by atoms with van der Waals surface area (Å²) in [4.78, 5) is 4.63. The molecular formula is C26H23N3O3S. The maximum atomic E-state index is 6.35. The van der Waals surface area contributed by atoms with Gasteiger partial charge in [-0.25, -0.2) is 4.98 Å². The third-order valence-corrected chi connectivity index (χ3v) is 6.35. The van der Waals surface area contributed by atoms with E-state index in [0.29, 0.717) is 17.3 Å². The number of ether oxygens (including phenoxy) is 2. The van der Waals surface area contributed by atoms with Crippen LogP contribution in [0.5, 0.6) is 11.5 Å². The van der Waals surface area contributed by atoms with Crippen LogP contribution in [-0.2, 0) is 0 Å². The quantitative estimate of drug-likeness (QED) is 0.315. The molecular weight excluding hydrogens is 434 g/mol. The minimum absolute atomic E-state index is 0.636. The lowest BCUT2D eigenvalue weighted by atomic mass is 10.1. The average molecular weight is 458 g/mol. The molecule has 2 heterocycles. The fourth-order valence-corrected chi connectivity index (χ4v) is 4.68. The second-order valence-corrected chi connectivity index (χ2v) is 8.77. The van der Waals surface area contributed by atoms with Crippen LogP contribution in [0, 0.1) is 13.8 Å². The molecule has 7 heteroatoms. The molecule has 3 aromatic carbocycles. The van der Waals surface area contributed by atoms with Crippen molar-refractivity contribution in [2.75, 3.05) is 19.6 Å². The number of nitrogens with zero attached hydrogens (tertiary/aromatic N) is 2. The highest BCUT2D eigenvalue weighted by atomic mass is 32.1. The molecule has 5 rings (SSSR count). The number of para-hydroxylation sites is 1. The molecule has 0 amide bonds. The molecule has 0 atom stereocenters. The number of methoxy groups -OCH3 is 2. The Balaban J connectivity index is 1.67. The first-order chi connectivity index (χ1) is 16.1. The van der Waals surface area contributed by atoms with E-state index in [-0.39, 0.29) is 0 Å². The predicted octanol–water partition coefficient (Wildman–Crippen LogP) is 6.27. The molecule has 0 radical (unpaired) electrons. The Labute approximate surface area is 195 Å². The van der Waals surface area contributed by atoms with Gasteiger partial charge in [0.1, 0.15) is 11.3 Å². The fourth-order valence-electron chi connectivity index (χ4n) is 3.87. The second-order valence-electron chi connectivity index (χ2n) is 7.73. The van der Waals surface area contributed by atoms with Crippen molar-refractivity contribution in [2.24, 2.45) is 5.10 Å². The summed E-state index contributed by atoms with van der Waals surface area (Å²) in [6.07, 6.45) is 0. The zero-order chi connectivity index (χ0) is 22.9. The number of aromatic nitrogens is 1. The average Bonchev–Trinajstić information content (AvgIpc) is 3.25. The standard InChI is InChI=1S/C26H23N3O3S/c1-15-11-16(2)25-18(12-15)20(28-29-26-27-19-7-5-6-8-24(19)33-26)14-22(32-25)17-9-10-21(30-3)23(13-17)31-4/h5-14H,1-4H3,(H,27,29)/b28-20+. The number of rotatable bonds is 5. The molecule has 0 aliphatic carbocycles. The van der Waals surface area contributed by atoms with Crippen molar-refractivity contribution >= 4 is 37.7 Å². The summed E-state index contributed by atoms with van der Waals surface area (Å²) >= 11 is 1.57. The smallest absolute Gasteiger partial charge is 0.204 e. The van der Waals surface area contributed by atoms with Crippen LogP contribution in [0.15, 0.2) is 70.2 Å². The molecule has 1 N–H and O–H groups in total. The predicted molar refractivity (Wildman–Crippen MR) is 133 cm³/mol. The number of hydrogen-bond donors (Lipinski definition) is 1. The van der Waals surface area contributed by atoms with Crippen molar-refractivity contribution in [1.82, 2.24) is 4.98 Å². The molecule has 0 aliphatic rings. The van der Waals surface area contributed by atoms with Crippen LogP contribution >= 0.6 is 11.3 Å². The number of nitrogens with one attached hydrogen (secondary N) is 1. The first-order valence-electron chi connectivity index (χ1n) is 10.5. The largest absolute Gasteiger partial charge is 0.493 e. The molecule has 6 nitrogen and oxygen atoms in total. The summed E-state index contributed by atoms with van der Waals surface area (Å²) in [6.45, 7) is 4.11. The molecule has 2 aromatic heterocycles. The van der Waals surface area contributed by atoms with Gasteiger partial charge in [-0.1, -0.05) is 29.5 Å². The molecule has 0 aliphatic heterocycles. The number of thiazole rings is 1.